The average molecular weight is 175 g/mol. The molecule has 0 radical (unpaired) electrons. The fourth-order valence-electron chi connectivity index (χ4n) is 0.863. The van der Waals surface area contributed by atoms with Gasteiger partial charge in [0, 0.05) is 18.3 Å². The molecule has 0 aliphatic heterocycles. The molecule has 0 aliphatic rings. The summed E-state index contributed by atoms with van der Waals surface area (Å²) in [6.07, 6.45) is 1.62. The summed E-state index contributed by atoms with van der Waals surface area (Å²) in [6.45, 7) is 2.18. The average Bonchev–Trinajstić information content (AvgIpc) is 1.88. The molecule has 0 aromatic carbocycles. The van der Waals surface area contributed by atoms with Crippen LogP contribution in [0.15, 0.2) is 17.1 Å². The maximum atomic E-state index is 10.9. The van der Waals surface area contributed by atoms with Crippen LogP contribution in [0.25, 0.3) is 0 Å². The van der Waals surface area contributed by atoms with E-state index in [0.717, 1.165) is 5.56 Å². The molecule has 0 saturated heterocycles. The molecule has 3 N–H and O–H groups in total. The van der Waals surface area contributed by atoms with E-state index in [1.54, 1.807) is 6.20 Å². The fraction of sp³-hybridized carbons (Fsp3) is 0.286. The van der Waals surface area contributed by atoms with E-state index in [-0.39, 0.29) is 18.0 Å². The zero-order valence-corrected chi connectivity index (χ0v) is 7.07. The van der Waals surface area contributed by atoms with Crippen LogP contribution in [0.1, 0.15) is 11.1 Å². The SMILES string of the molecule is Cc1cc[nH]c(=O)c1CN.Cl. The third-order valence-electron chi connectivity index (χ3n) is 1.50. The van der Waals surface area contributed by atoms with Gasteiger partial charge < -0.3 is 10.7 Å². The van der Waals surface area contributed by atoms with E-state index in [0.29, 0.717) is 12.1 Å². The van der Waals surface area contributed by atoms with Crippen LogP contribution in [-0.2, 0) is 6.54 Å². The van der Waals surface area contributed by atoms with Gasteiger partial charge in [-0.15, -0.1) is 12.4 Å². The first-order valence-electron chi connectivity index (χ1n) is 3.13. The van der Waals surface area contributed by atoms with E-state index >= 15 is 0 Å². The van der Waals surface area contributed by atoms with E-state index < -0.39 is 0 Å². The quantitative estimate of drug-likeness (QED) is 0.654. The number of pyridine rings is 1. The Kier molecular flexibility index (Phi) is 3.85. The van der Waals surface area contributed by atoms with Gasteiger partial charge in [-0.2, -0.15) is 0 Å². The minimum absolute atomic E-state index is 0. The summed E-state index contributed by atoms with van der Waals surface area (Å²) in [5.74, 6) is 0. The van der Waals surface area contributed by atoms with Gasteiger partial charge in [-0.1, -0.05) is 0 Å². The van der Waals surface area contributed by atoms with Crippen LogP contribution in [0.3, 0.4) is 0 Å². The highest BCUT2D eigenvalue weighted by molar-refractivity contribution is 5.85. The number of aryl methyl sites for hydroxylation is 1. The van der Waals surface area contributed by atoms with Gasteiger partial charge in [-0.05, 0) is 18.6 Å². The lowest BCUT2D eigenvalue weighted by Crippen LogP contribution is -2.16. The monoisotopic (exact) mass is 174 g/mol. The van der Waals surface area contributed by atoms with Crippen molar-refractivity contribution in [1.29, 1.82) is 0 Å². The lowest BCUT2D eigenvalue weighted by atomic mass is 10.2. The van der Waals surface area contributed by atoms with Gasteiger partial charge in [0.25, 0.3) is 5.56 Å². The molecule has 0 spiro atoms. The van der Waals surface area contributed by atoms with Crippen LogP contribution in [0.5, 0.6) is 0 Å². The van der Waals surface area contributed by atoms with Crippen molar-refractivity contribution in [2.75, 3.05) is 0 Å². The van der Waals surface area contributed by atoms with Crippen molar-refractivity contribution in [2.45, 2.75) is 13.5 Å². The maximum Gasteiger partial charge on any atom is 0.252 e. The predicted molar refractivity (Wildman–Crippen MR) is 46.9 cm³/mol. The molecule has 1 rings (SSSR count). The molecule has 3 nitrogen and oxygen atoms in total. The molecular weight excluding hydrogens is 164 g/mol. The Morgan fingerprint density at radius 1 is 1.64 bits per heavy atom. The van der Waals surface area contributed by atoms with Gasteiger partial charge >= 0.3 is 0 Å². The number of aromatic amines is 1. The number of nitrogens with two attached hydrogens (primary N) is 1. The Bertz CT molecular complexity index is 282. The molecule has 0 atom stereocenters. The molecule has 1 aromatic rings. The van der Waals surface area contributed by atoms with Crippen LogP contribution in [0.2, 0.25) is 0 Å². The van der Waals surface area contributed by atoms with Gasteiger partial charge in [0.05, 0.1) is 0 Å². The Labute approximate surface area is 71.0 Å². The van der Waals surface area contributed by atoms with E-state index in [4.69, 9.17) is 5.73 Å². The smallest absolute Gasteiger partial charge is 0.252 e. The number of halogens is 1. The standard InChI is InChI=1S/C7H10N2O.ClH/c1-5-2-3-9-7(10)6(5)4-8;/h2-3H,4,8H2,1H3,(H,9,10);1H. The molecule has 11 heavy (non-hydrogen) atoms. The molecule has 0 bridgehead atoms. The summed E-state index contributed by atoms with van der Waals surface area (Å²) in [5.41, 5.74) is 6.87. The molecule has 1 heterocycles. The third-order valence-corrected chi connectivity index (χ3v) is 1.50. The lowest BCUT2D eigenvalue weighted by Gasteiger charge is -1.97. The number of hydrogen-bond donors (Lipinski definition) is 2. The number of nitrogens with one attached hydrogen (secondary N) is 1. The third kappa shape index (κ3) is 2.06. The number of rotatable bonds is 1. The van der Waals surface area contributed by atoms with Gasteiger partial charge in [-0.25, -0.2) is 0 Å². The Morgan fingerprint density at radius 3 is 2.64 bits per heavy atom. The molecule has 62 valence electrons. The summed E-state index contributed by atoms with van der Waals surface area (Å²) in [7, 11) is 0. The van der Waals surface area contributed by atoms with Crippen LogP contribution >= 0.6 is 12.4 Å². The Morgan fingerprint density at radius 2 is 2.27 bits per heavy atom. The highest BCUT2D eigenvalue weighted by atomic mass is 35.5. The molecule has 0 amide bonds. The van der Waals surface area contributed by atoms with Crippen LogP contribution in [-0.4, -0.2) is 4.98 Å². The second-order valence-corrected chi connectivity index (χ2v) is 2.17. The second kappa shape index (κ2) is 4.16. The fourth-order valence-corrected chi connectivity index (χ4v) is 0.863. The van der Waals surface area contributed by atoms with Crippen molar-refractivity contribution in [2.24, 2.45) is 5.73 Å². The predicted octanol–water partition coefficient (Wildman–Crippen LogP) is 0.564. The number of H-pyrrole nitrogens is 1. The van der Waals surface area contributed by atoms with Gasteiger partial charge in [0.1, 0.15) is 0 Å². The van der Waals surface area contributed by atoms with Crippen molar-refractivity contribution in [1.82, 2.24) is 4.98 Å². The normalized spacial score (nSPS) is 8.91. The molecule has 4 heteroatoms. The summed E-state index contributed by atoms with van der Waals surface area (Å²) in [5, 5.41) is 0. The van der Waals surface area contributed by atoms with Gasteiger partial charge in [-0.3, -0.25) is 4.79 Å². The van der Waals surface area contributed by atoms with Crippen LogP contribution in [0.4, 0.5) is 0 Å². The first-order chi connectivity index (χ1) is 4.75. The Balaban J connectivity index is 0.000001000. The highest BCUT2D eigenvalue weighted by Gasteiger charge is 1.97. The maximum absolute atomic E-state index is 10.9. The number of aromatic nitrogens is 1. The first kappa shape index (κ1) is 10.2. The van der Waals surface area contributed by atoms with Crippen molar-refractivity contribution in [3.05, 3.63) is 33.7 Å². The summed E-state index contributed by atoms with van der Waals surface area (Å²) >= 11 is 0. The lowest BCUT2D eigenvalue weighted by molar-refractivity contribution is 0.993. The van der Waals surface area contributed by atoms with E-state index in [1.807, 2.05) is 13.0 Å². The van der Waals surface area contributed by atoms with Gasteiger partial charge in [0.15, 0.2) is 0 Å². The van der Waals surface area contributed by atoms with Gasteiger partial charge in [0.2, 0.25) is 0 Å². The topological polar surface area (TPSA) is 58.9 Å². The number of hydrogen-bond acceptors (Lipinski definition) is 2. The van der Waals surface area contributed by atoms with Crippen molar-refractivity contribution in [3.63, 3.8) is 0 Å². The molecule has 1 aromatic heterocycles. The zero-order valence-electron chi connectivity index (χ0n) is 6.26. The first-order valence-corrected chi connectivity index (χ1v) is 3.13. The molecule has 0 unspecified atom stereocenters. The van der Waals surface area contributed by atoms with Crippen molar-refractivity contribution in [3.8, 4) is 0 Å². The van der Waals surface area contributed by atoms with Crippen molar-refractivity contribution < 1.29 is 0 Å². The highest BCUT2D eigenvalue weighted by Crippen LogP contribution is 1.96. The summed E-state index contributed by atoms with van der Waals surface area (Å²) in [6, 6.07) is 1.84. The second-order valence-electron chi connectivity index (χ2n) is 2.17. The molecular formula is C7H11ClN2O. The van der Waals surface area contributed by atoms with E-state index in [1.165, 1.54) is 0 Å². The van der Waals surface area contributed by atoms with E-state index in [2.05, 4.69) is 4.98 Å². The molecule has 0 saturated carbocycles. The molecule has 0 fully saturated rings. The molecule has 0 aliphatic carbocycles. The minimum atomic E-state index is -0.0810. The summed E-state index contributed by atoms with van der Waals surface area (Å²) < 4.78 is 0. The van der Waals surface area contributed by atoms with Crippen molar-refractivity contribution >= 4 is 12.4 Å². The largest absolute Gasteiger partial charge is 0.329 e. The minimum Gasteiger partial charge on any atom is -0.329 e. The summed E-state index contributed by atoms with van der Waals surface area (Å²) in [4.78, 5) is 13.5. The van der Waals surface area contributed by atoms with E-state index in [9.17, 15) is 4.79 Å². The zero-order chi connectivity index (χ0) is 7.56. The van der Waals surface area contributed by atoms with Crippen LogP contribution in [0, 0.1) is 6.92 Å². The Hall–Kier alpha value is -0.800. The van der Waals surface area contributed by atoms with Crippen LogP contribution < -0.4 is 11.3 Å².